The third-order valence-electron chi connectivity index (χ3n) is 6.58. The summed E-state index contributed by atoms with van der Waals surface area (Å²) in [6, 6.07) is 0. The molecule has 2 rings (SSSR count). The molecule has 0 aromatic rings. The van der Waals surface area contributed by atoms with E-state index in [0.717, 1.165) is 44.1 Å². The molecular formula is C23H38N2O4. The van der Waals surface area contributed by atoms with Crippen LogP contribution in [0.3, 0.4) is 0 Å². The number of fused-ring (bicyclic) bond motifs is 2. The Hall–Kier alpha value is -1.85. The van der Waals surface area contributed by atoms with Gasteiger partial charge >= 0.3 is 5.97 Å². The third kappa shape index (κ3) is 8.19. The molecule has 0 unspecified atom stereocenters. The molecule has 0 aromatic heterocycles. The molecule has 0 aliphatic heterocycles. The molecule has 2 amide bonds. The minimum absolute atomic E-state index is 0.0199. The van der Waals surface area contributed by atoms with Crippen LogP contribution >= 0.6 is 0 Å². The fraction of sp³-hybridized carbons (Fsp3) is 0.783. The van der Waals surface area contributed by atoms with Crippen LogP contribution in [0.5, 0.6) is 0 Å². The quantitative estimate of drug-likeness (QED) is 0.303. The van der Waals surface area contributed by atoms with Crippen molar-refractivity contribution in [2.75, 3.05) is 13.1 Å². The second-order valence-electron chi connectivity index (χ2n) is 8.66. The highest BCUT2D eigenvalue weighted by molar-refractivity contribution is 5.78. The number of amides is 2. The molecule has 0 radical (unpaired) electrons. The molecule has 2 aliphatic carbocycles. The molecule has 0 heterocycles. The van der Waals surface area contributed by atoms with Gasteiger partial charge in [-0.25, -0.2) is 0 Å². The van der Waals surface area contributed by atoms with Crippen molar-refractivity contribution in [3.63, 3.8) is 0 Å². The minimum Gasteiger partial charge on any atom is -0.481 e. The van der Waals surface area contributed by atoms with Gasteiger partial charge in [0.1, 0.15) is 0 Å². The smallest absolute Gasteiger partial charge is 0.303 e. The summed E-state index contributed by atoms with van der Waals surface area (Å²) in [5, 5.41) is 14.6. The van der Waals surface area contributed by atoms with E-state index in [1.807, 2.05) is 0 Å². The first-order valence-corrected chi connectivity index (χ1v) is 11.4. The van der Waals surface area contributed by atoms with Gasteiger partial charge < -0.3 is 15.7 Å². The number of aliphatic carboxylic acids is 1. The first-order chi connectivity index (χ1) is 14.0. The number of rotatable bonds is 14. The summed E-state index contributed by atoms with van der Waals surface area (Å²) >= 11 is 0. The zero-order chi connectivity index (χ0) is 21.1. The first kappa shape index (κ1) is 23.4. The predicted molar refractivity (Wildman–Crippen MR) is 113 cm³/mol. The van der Waals surface area contributed by atoms with Crippen molar-refractivity contribution >= 4 is 17.8 Å². The summed E-state index contributed by atoms with van der Waals surface area (Å²) < 4.78 is 0. The maximum absolute atomic E-state index is 12.2. The Morgan fingerprint density at radius 2 is 1.66 bits per heavy atom. The van der Waals surface area contributed by atoms with Gasteiger partial charge in [0.25, 0.3) is 0 Å². The van der Waals surface area contributed by atoms with Gasteiger partial charge in [0.2, 0.25) is 11.8 Å². The highest BCUT2D eigenvalue weighted by Gasteiger charge is 2.46. The van der Waals surface area contributed by atoms with Gasteiger partial charge in [0, 0.05) is 32.4 Å². The Morgan fingerprint density at radius 3 is 2.38 bits per heavy atom. The Bertz CT molecular complexity index is 575. The van der Waals surface area contributed by atoms with Crippen molar-refractivity contribution in [2.45, 2.75) is 77.6 Å². The molecule has 4 atom stereocenters. The van der Waals surface area contributed by atoms with E-state index in [4.69, 9.17) is 5.11 Å². The third-order valence-corrected chi connectivity index (χ3v) is 6.58. The summed E-state index contributed by atoms with van der Waals surface area (Å²) in [6.07, 6.45) is 13.7. The molecule has 164 valence electrons. The van der Waals surface area contributed by atoms with Crippen LogP contribution in [0, 0.1) is 23.7 Å². The topological polar surface area (TPSA) is 95.5 Å². The maximum atomic E-state index is 12.2. The van der Waals surface area contributed by atoms with E-state index in [2.05, 4.69) is 29.7 Å². The molecular weight excluding hydrogens is 368 g/mol. The Balaban J connectivity index is 1.67. The van der Waals surface area contributed by atoms with Crippen molar-refractivity contribution in [1.29, 1.82) is 0 Å². The number of hydrogen-bond donors (Lipinski definition) is 3. The van der Waals surface area contributed by atoms with E-state index in [-0.39, 0.29) is 18.2 Å². The molecule has 0 aromatic carbocycles. The van der Waals surface area contributed by atoms with E-state index < -0.39 is 5.97 Å². The second kappa shape index (κ2) is 12.7. The molecule has 2 aliphatic rings. The average Bonchev–Trinajstić information content (AvgIpc) is 3.29. The van der Waals surface area contributed by atoms with Gasteiger partial charge in [-0.15, -0.1) is 0 Å². The predicted octanol–water partition coefficient (Wildman–Crippen LogP) is 3.66. The zero-order valence-electron chi connectivity index (χ0n) is 17.8. The lowest BCUT2D eigenvalue weighted by molar-refractivity contribution is -0.137. The summed E-state index contributed by atoms with van der Waals surface area (Å²) in [7, 11) is 0. The van der Waals surface area contributed by atoms with Crippen LogP contribution in [-0.2, 0) is 14.4 Å². The van der Waals surface area contributed by atoms with E-state index in [0.29, 0.717) is 37.6 Å². The first-order valence-electron chi connectivity index (χ1n) is 11.4. The molecule has 2 bridgehead atoms. The number of carboxylic acid groups (broad SMARTS) is 1. The van der Waals surface area contributed by atoms with Gasteiger partial charge in [-0.05, 0) is 68.6 Å². The van der Waals surface area contributed by atoms with Crippen LogP contribution in [0.15, 0.2) is 12.2 Å². The largest absolute Gasteiger partial charge is 0.481 e. The SMILES string of the molecule is CCCCC(=O)NCCC(=O)NC[C@@H]1[C@@H]2CC[C@@H](C2)[C@@H]1C/C=C\CCCC(=O)O. The number of allylic oxidation sites excluding steroid dienone is 2. The molecule has 2 saturated carbocycles. The van der Waals surface area contributed by atoms with E-state index in [1.54, 1.807) is 0 Å². The van der Waals surface area contributed by atoms with Crippen LogP contribution in [0.2, 0.25) is 0 Å². The van der Waals surface area contributed by atoms with Crippen LogP contribution in [0.1, 0.15) is 77.6 Å². The lowest BCUT2D eigenvalue weighted by atomic mass is 9.77. The maximum Gasteiger partial charge on any atom is 0.303 e. The summed E-state index contributed by atoms with van der Waals surface area (Å²) in [4.78, 5) is 34.3. The molecule has 6 nitrogen and oxygen atoms in total. The highest BCUT2D eigenvalue weighted by atomic mass is 16.4. The summed E-state index contributed by atoms with van der Waals surface area (Å²) in [5.41, 5.74) is 0. The highest BCUT2D eigenvalue weighted by Crippen LogP contribution is 2.53. The van der Waals surface area contributed by atoms with E-state index in [1.165, 1.54) is 19.3 Å². The fourth-order valence-corrected chi connectivity index (χ4v) is 5.02. The molecule has 6 heteroatoms. The number of unbranched alkanes of at least 4 members (excludes halogenated alkanes) is 2. The number of carboxylic acids is 1. The molecule has 0 saturated heterocycles. The average molecular weight is 407 g/mol. The van der Waals surface area contributed by atoms with Crippen LogP contribution in [0.4, 0.5) is 0 Å². The van der Waals surface area contributed by atoms with Gasteiger partial charge in [-0.3, -0.25) is 14.4 Å². The van der Waals surface area contributed by atoms with Gasteiger partial charge in [-0.1, -0.05) is 25.5 Å². The van der Waals surface area contributed by atoms with Crippen LogP contribution in [-0.4, -0.2) is 36.0 Å². The molecule has 29 heavy (non-hydrogen) atoms. The number of nitrogens with one attached hydrogen (secondary N) is 2. The normalized spacial score (nSPS) is 25.4. The standard InChI is InChI=1S/C23H38N2O4/c1-2-3-9-21(26)24-14-13-22(27)25-16-20-18-12-11-17(15-18)19(20)8-6-4-5-7-10-23(28)29/h4,6,17-20H,2-3,5,7-16H2,1H3,(H,24,26)(H,25,27)(H,28,29)/b6-4-/t17-,18+,19-,20+/m0/s1. The Labute approximate surface area is 174 Å². The van der Waals surface area contributed by atoms with Gasteiger partial charge in [0.15, 0.2) is 0 Å². The van der Waals surface area contributed by atoms with E-state index in [9.17, 15) is 14.4 Å². The summed E-state index contributed by atoms with van der Waals surface area (Å²) in [5.74, 6) is 1.97. The number of carbonyl (C=O) groups excluding carboxylic acids is 2. The van der Waals surface area contributed by atoms with Crippen LogP contribution in [0.25, 0.3) is 0 Å². The van der Waals surface area contributed by atoms with Crippen molar-refractivity contribution in [3.05, 3.63) is 12.2 Å². The second-order valence-corrected chi connectivity index (χ2v) is 8.66. The van der Waals surface area contributed by atoms with Crippen molar-refractivity contribution < 1.29 is 19.5 Å². The summed E-state index contributed by atoms with van der Waals surface area (Å²) in [6.45, 7) is 3.20. The number of carbonyl (C=O) groups is 3. The zero-order valence-corrected chi connectivity index (χ0v) is 17.8. The van der Waals surface area contributed by atoms with Gasteiger partial charge in [0.05, 0.1) is 0 Å². The number of hydrogen-bond acceptors (Lipinski definition) is 3. The van der Waals surface area contributed by atoms with Gasteiger partial charge in [-0.2, -0.15) is 0 Å². The molecule has 0 spiro atoms. The van der Waals surface area contributed by atoms with Crippen molar-refractivity contribution in [2.24, 2.45) is 23.7 Å². The monoisotopic (exact) mass is 406 g/mol. The Morgan fingerprint density at radius 1 is 0.931 bits per heavy atom. The lowest BCUT2D eigenvalue weighted by Gasteiger charge is -2.30. The molecule has 3 N–H and O–H groups in total. The molecule has 2 fully saturated rings. The van der Waals surface area contributed by atoms with Crippen LogP contribution < -0.4 is 10.6 Å². The fourth-order valence-electron chi connectivity index (χ4n) is 5.02. The lowest BCUT2D eigenvalue weighted by Crippen LogP contribution is -2.37. The Kier molecular flexibility index (Phi) is 10.2. The van der Waals surface area contributed by atoms with E-state index >= 15 is 0 Å². The van der Waals surface area contributed by atoms with Crippen molar-refractivity contribution in [1.82, 2.24) is 10.6 Å². The van der Waals surface area contributed by atoms with Crippen molar-refractivity contribution in [3.8, 4) is 0 Å². The minimum atomic E-state index is -0.733.